The lowest BCUT2D eigenvalue weighted by molar-refractivity contribution is -0.115. The minimum Gasteiger partial charge on any atom is -0.326 e. The van der Waals surface area contributed by atoms with Crippen LogP contribution >= 0.6 is 0 Å². The van der Waals surface area contributed by atoms with Crippen LogP contribution in [0.4, 0.5) is 11.4 Å². The first-order valence-electron chi connectivity index (χ1n) is 10.8. The van der Waals surface area contributed by atoms with Crippen LogP contribution in [0.15, 0.2) is 83.0 Å². The van der Waals surface area contributed by atoms with Gasteiger partial charge in [0.25, 0.3) is 11.8 Å². The summed E-state index contributed by atoms with van der Waals surface area (Å²) in [5.41, 5.74) is 8.39. The quantitative estimate of drug-likeness (QED) is 0.288. The molecule has 0 fully saturated rings. The lowest BCUT2D eigenvalue weighted by Gasteiger charge is -2.04. The number of benzene rings is 3. The van der Waals surface area contributed by atoms with Crippen LogP contribution < -0.4 is 21.5 Å². The molecule has 0 saturated carbocycles. The maximum atomic E-state index is 12.2. The molecule has 182 valence electrons. The Morgan fingerprint density at radius 3 is 1.19 bits per heavy atom. The molecule has 0 aliphatic rings. The van der Waals surface area contributed by atoms with Crippen LogP contribution in [0, 0.1) is 0 Å². The van der Waals surface area contributed by atoms with E-state index in [0.29, 0.717) is 22.5 Å². The van der Waals surface area contributed by atoms with Crippen LogP contribution in [0.5, 0.6) is 0 Å². The van der Waals surface area contributed by atoms with Crippen LogP contribution in [0.2, 0.25) is 0 Å². The minimum absolute atomic E-state index is 0.190. The number of nitrogens with one attached hydrogen (secondary N) is 4. The summed E-state index contributed by atoms with van der Waals surface area (Å²) in [6.45, 7) is 2.82. The molecule has 3 rings (SSSR count). The zero-order valence-corrected chi connectivity index (χ0v) is 19.6. The molecule has 0 saturated heterocycles. The van der Waals surface area contributed by atoms with Gasteiger partial charge in [-0.05, 0) is 59.7 Å². The number of anilines is 2. The lowest BCUT2D eigenvalue weighted by Crippen LogP contribution is -2.17. The van der Waals surface area contributed by atoms with E-state index in [4.69, 9.17) is 0 Å². The SMILES string of the molecule is CC(=O)Nc1ccc(C(=O)N/N=C\c2ccc(/C=N/NC(=O)c3ccc(NC(C)=O)cc3)cc2)cc1. The molecule has 0 aliphatic heterocycles. The van der Waals surface area contributed by atoms with Crippen molar-refractivity contribution in [3.63, 3.8) is 0 Å². The van der Waals surface area contributed by atoms with Crippen LogP contribution in [-0.2, 0) is 9.59 Å². The third kappa shape index (κ3) is 8.03. The molecule has 0 atom stereocenters. The summed E-state index contributed by atoms with van der Waals surface area (Å²) in [5, 5.41) is 13.2. The van der Waals surface area contributed by atoms with Crippen LogP contribution in [0.1, 0.15) is 45.7 Å². The second-order valence-corrected chi connectivity index (χ2v) is 7.58. The first-order chi connectivity index (χ1) is 17.3. The Morgan fingerprint density at radius 2 is 0.889 bits per heavy atom. The van der Waals surface area contributed by atoms with Gasteiger partial charge in [-0.15, -0.1) is 0 Å². The average Bonchev–Trinajstić information content (AvgIpc) is 2.85. The standard InChI is InChI=1S/C26H24N6O4/c1-17(33)29-23-11-7-21(8-12-23)25(35)31-27-15-19-3-5-20(6-4-19)16-28-32-26(36)22-9-13-24(14-10-22)30-18(2)34/h3-16H,1-2H3,(H,29,33)(H,30,34)(H,31,35)(H,32,36)/b27-15-,28-16+. The highest BCUT2D eigenvalue weighted by molar-refractivity contribution is 5.97. The molecule has 0 radical (unpaired) electrons. The highest BCUT2D eigenvalue weighted by Crippen LogP contribution is 2.10. The number of hydrogen-bond acceptors (Lipinski definition) is 6. The summed E-state index contributed by atoms with van der Waals surface area (Å²) in [7, 11) is 0. The largest absolute Gasteiger partial charge is 0.326 e. The second kappa shape index (κ2) is 12.4. The van der Waals surface area contributed by atoms with Crippen molar-refractivity contribution in [1.82, 2.24) is 10.9 Å². The van der Waals surface area contributed by atoms with E-state index < -0.39 is 0 Å². The number of hydrazone groups is 2. The van der Waals surface area contributed by atoms with Crippen molar-refractivity contribution in [1.29, 1.82) is 0 Å². The fourth-order valence-electron chi connectivity index (χ4n) is 2.94. The van der Waals surface area contributed by atoms with Gasteiger partial charge in [0.1, 0.15) is 0 Å². The van der Waals surface area contributed by atoms with Gasteiger partial charge < -0.3 is 10.6 Å². The average molecular weight is 485 g/mol. The first-order valence-corrected chi connectivity index (χ1v) is 10.8. The van der Waals surface area contributed by atoms with E-state index in [1.807, 2.05) is 0 Å². The van der Waals surface area contributed by atoms with Crippen molar-refractivity contribution < 1.29 is 19.2 Å². The number of carbonyl (C=O) groups is 4. The number of nitrogens with zero attached hydrogens (tertiary/aromatic N) is 2. The van der Waals surface area contributed by atoms with Gasteiger partial charge in [-0.25, -0.2) is 10.9 Å². The van der Waals surface area contributed by atoms with Gasteiger partial charge in [0.05, 0.1) is 12.4 Å². The summed E-state index contributed by atoms with van der Waals surface area (Å²) < 4.78 is 0. The van der Waals surface area contributed by atoms with E-state index in [-0.39, 0.29) is 23.6 Å². The Balaban J connectivity index is 1.47. The molecule has 0 unspecified atom stereocenters. The third-order valence-corrected chi connectivity index (χ3v) is 4.63. The molecule has 4 N–H and O–H groups in total. The van der Waals surface area contributed by atoms with Crippen molar-refractivity contribution >= 4 is 47.4 Å². The maximum Gasteiger partial charge on any atom is 0.271 e. The molecule has 0 bridgehead atoms. The fraction of sp³-hybridized carbons (Fsp3) is 0.0769. The summed E-state index contributed by atoms with van der Waals surface area (Å²) in [5.74, 6) is -1.15. The van der Waals surface area contributed by atoms with E-state index in [0.717, 1.165) is 11.1 Å². The third-order valence-electron chi connectivity index (χ3n) is 4.63. The molecule has 3 aromatic rings. The predicted molar refractivity (Wildman–Crippen MR) is 138 cm³/mol. The van der Waals surface area contributed by atoms with Crippen molar-refractivity contribution in [3.05, 3.63) is 95.1 Å². The Kier molecular flexibility index (Phi) is 8.76. The smallest absolute Gasteiger partial charge is 0.271 e. The number of hydrogen-bond donors (Lipinski definition) is 4. The first kappa shape index (κ1) is 25.5. The van der Waals surface area contributed by atoms with Crippen molar-refractivity contribution in [2.24, 2.45) is 10.2 Å². The normalized spacial score (nSPS) is 10.7. The summed E-state index contributed by atoms with van der Waals surface area (Å²) in [6.07, 6.45) is 2.99. The van der Waals surface area contributed by atoms with Crippen LogP contribution in [-0.4, -0.2) is 36.1 Å². The number of carbonyl (C=O) groups excluding carboxylic acids is 4. The molecule has 0 aliphatic carbocycles. The van der Waals surface area contributed by atoms with E-state index in [1.54, 1.807) is 72.8 Å². The molecule has 0 heterocycles. The highest BCUT2D eigenvalue weighted by atomic mass is 16.2. The minimum atomic E-state index is -0.384. The highest BCUT2D eigenvalue weighted by Gasteiger charge is 2.05. The maximum absolute atomic E-state index is 12.2. The molecular weight excluding hydrogens is 460 g/mol. The van der Waals surface area contributed by atoms with Gasteiger partial charge in [0, 0.05) is 36.3 Å². The molecular formula is C26H24N6O4. The summed E-state index contributed by atoms with van der Waals surface area (Å²) >= 11 is 0. The lowest BCUT2D eigenvalue weighted by atomic mass is 10.2. The number of amides is 4. The zero-order valence-electron chi connectivity index (χ0n) is 19.6. The van der Waals surface area contributed by atoms with Crippen LogP contribution in [0.3, 0.4) is 0 Å². The Morgan fingerprint density at radius 1 is 0.556 bits per heavy atom. The van der Waals surface area contributed by atoms with Gasteiger partial charge >= 0.3 is 0 Å². The summed E-state index contributed by atoms with van der Waals surface area (Å²) in [4.78, 5) is 46.5. The molecule has 10 nitrogen and oxygen atoms in total. The fourth-order valence-corrected chi connectivity index (χ4v) is 2.94. The van der Waals surface area contributed by atoms with Gasteiger partial charge in [-0.1, -0.05) is 24.3 Å². The van der Waals surface area contributed by atoms with Crippen LogP contribution in [0.25, 0.3) is 0 Å². The van der Waals surface area contributed by atoms with Gasteiger partial charge in [-0.2, -0.15) is 10.2 Å². The summed E-state index contributed by atoms with van der Waals surface area (Å²) in [6, 6.07) is 20.0. The van der Waals surface area contributed by atoms with Gasteiger partial charge in [0.15, 0.2) is 0 Å². The van der Waals surface area contributed by atoms with Crippen molar-refractivity contribution in [3.8, 4) is 0 Å². The molecule has 10 heteroatoms. The monoisotopic (exact) mass is 484 g/mol. The van der Waals surface area contributed by atoms with Gasteiger partial charge in [-0.3, -0.25) is 19.2 Å². The molecule has 0 aromatic heterocycles. The predicted octanol–water partition coefficient (Wildman–Crippen LogP) is 3.13. The van der Waals surface area contributed by atoms with Gasteiger partial charge in [0.2, 0.25) is 11.8 Å². The Bertz CT molecular complexity index is 1200. The van der Waals surface area contributed by atoms with E-state index >= 15 is 0 Å². The molecule has 36 heavy (non-hydrogen) atoms. The zero-order chi connectivity index (χ0) is 25.9. The van der Waals surface area contributed by atoms with E-state index in [2.05, 4.69) is 31.7 Å². The van der Waals surface area contributed by atoms with Crippen molar-refractivity contribution in [2.45, 2.75) is 13.8 Å². The Labute approximate surface area is 207 Å². The Hall–Kier alpha value is -5.12. The van der Waals surface area contributed by atoms with E-state index in [1.165, 1.54) is 26.3 Å². The molecule has 4 amide bonds. The molecule has 0 spiro atoms. The number of rotatable bonds is 8. The molecule has 3 aromatic carbocycles. The topological polar surface area (TPSA) is 141 Å². The van der Waals surface area contributed by atoms with Crippen molar-refractivity contribution in [2.75, 3.05) is 10.6 Å². The second-order valence-electron chi connectivity index (χ2n) is 7.58. The van der Waals surface area contributed by atoms with E-state index in [9.17, 15) is 19.2 Å².